The van der Waals surface area contributed by atoms with Crippen molar-refractivity contribution in [3.8, 4) is 11.5 Å². The second kappa shape index (κ2) is 5.58. The third kappa shape index (κ3) is 3.76. The standard InChI is InChI=1S/C12H13BrF3NO2/c13-8-4-7(9(17)6-12(14,15)16)5-10-11(8)19-3-1-2-18-10/h4-5,9H,1-3,6,17H2/t9-/m1/s1. The van der Waals surface area contributed by atoms with E-state index in [2.05, 4.69) is 15.9 Å². The number of fused-ring (bicyclic) bond motifs is 1. The molecule has 0 fully saturated rings. The lowest BCUT2D eigenvalue weighted by Gasteiger charge is -2.17. The first-order valence-electron chi connectivity index (χ1n) is 5.78. The van der Waals surface area contributed by atoms with Crippen LogP contribution in [0.2, 0.25) is 0 Å². The van der Waals surface area contributed by atoms with Crippen LogP contribution in [0.25, 0.3) is 0 Å². The lowest BCUT2D eigenvalue weighted by Crippen LogP contribution is -2.20. The summed E-state index contributed by atoms with van der Waals surface area (Å²) >= 11 is 3.27. The van der Waals surface area contributed by atoms with Crippen molar-refractivity contribution in [3.63, 3.8) is 0 Å². The quantitative estimate of drug-likeness (QED) is 0.895. The van der Waals surface area contributed by atoms with Crippen molar-refractivity contribution in [3.05, 3.63) is 22.2 Å². The molecular weight excluding hydrogens is 327 g/mol. The maximum absolute atomic E-state index is 12.3. The molecule has 1 aliphatic heterocycles. The van der Waals surface area contributed by atoms with Gasteiger partial charge in [0.25, 0.3) is 0 Å². The molecule has 1 heterocycles. The van der Waals surface area contributed by atoms with Crippen molar-refractivity contribution < 1.29 is 22.6 Å². The van der Waals surface area contributed by atoms with Crippen molar-refractivity contribution in [1.82, 2.24) is 0 Å². The molecule has 0 spiro atoms. The minimum atomic E-state index is -4.30. The smallest absolute Gasteiger partial charge is 0.390 e. The Morgan fingerprint density at radius 3 is 2.63 bits per heavy atom. The van der Waals surface area contributed by atoms with E-state index >= 15 is 0 Å². The van der Waals surface area contributed by atoms with Gasteiger partial charge in [0.05, 0.1) is 24.1 Å². The molecule has 19 heavy (non-hydrogen) atoms. The van der Waals surface area contributed by atoms with E-state index in [1.54, 1.807) is 6.07 Å². The zero-order valence-electron chi connectivity index (χ0n) is 9.97. The number of alkyl halides is 3. The first-order chi connectivity index (χ1) is 8.87. The average Bonchev–Trinajstić information content (AvgIpc) is 2.51. The Labute approximate surface area is 117 Å². The molecule has 1 atom stereocenters. The summed E-state index contributed by atoms with van der Waals surface area (Å²) in [5.41, 5.74) is 5.95. The number of hydrogen-bond donors (Lipinski definition) is 1. The van der Waals surface area contributed by atoms with E-state index in [4.69, 9.17) is 15.2 Å². The topological polar surface area (TPSA) is 44.5 Å². The SMILES string of the molecule is N[C@H](CC(F)(F)F)c1cc(Br)c2c(c1)OCCCO2. The van der Waals surface area contributed by atoms with Gasteiger partial charge in [0.1, 0.15) is 0 Å². The van der Waals surface area contributed by atoms with E-state index in [1.165, 1.54) is 6.07 Å². The van der Waals surface area contributed by atoms with Crippen LogP contribution in [-0.2, 0) is 0 Å². The van der Waals surface area contributed by atoms with Gasteiger partial charge in [-0.15, -0.1) is 0 Å². The number of benzene rings is 1. The first kappa shape index (κ1) is 14.5. The molecular formula is C12H13BrF3NO2. The molecule has 0 unspecified atom stereocenters. The van der Waals surface area contributed by atoms with Crippen molar-refractivity contribution in [2.45, 2.75) is 25.1 Å². The highest BCUT2D eigenvalue weighted by Crippen LogP contribution is 2.40. The van der Waals surface area contributed by atoms with Gasteiger partial charge in [-0.2, -0.15) is 13.2 Å². The monoisotopic (exact) mass is 339 g/mol. The predicted octanol–water partition coefficient (Wildman–Crippen LogP) is 3.56. The molecule has 3 nitrogen and oxygen atoms in total. The Kier molecular flexibility index (Phi) is 4.25. The zero-order chi connectivity index (χ0) is 14.0. The minimum Gasteiger partial charge on any atom is -0.490 e. The molecule has 0 radical (unpaired) electrons. The second-order valence-electron chi connectivity index (χ2n) is 4.31. The van der Waals surface area contributed by atoms with Gasteiger partial charge in [0, 0.05) is 12.5 Å². The van der Waals surface area contributed by atoms with E-state index < -0.39 is 18.6 Å². The van der Waals surface area contributed by atoms with Gasteiger partial charge < -0.3 is 15.2 Å². The van der Waals surface area contributed by atoms with Crippen LogP contribution in [0.15, 0.2) is 16.6 Å². The number of rotatable bonds is 2. The van der Waals surface area contributed by atoms with Crippen molar-refractivity contribution in [2.24, 2.45) is 5.73 Å². The van der Waals surface area contributed by atoms with E-state index in [0.717, 1.165) is 6.42 Å². The fraction of sp³-hybridized carbons (Fsp3) is 0.500. The number of hydrogen-bond acceptors (Lipinski definition) is 3. The number of halogens is 4. The van der Waals surface area contributed by atoms with Crippen LogP contribution in [0.4, 0.5) is 13.2 Å². The normalized spacial score (nSPS) is 16.9. The minimum absolute atomic E-state index is 0.369. The lowest BCUT2D eigenvalue weighted by molar-refractivity contribution is -0.138. The zero-order valence-corrected chi connectivity index (χ0v) is 11.6. The summed E-state index contributed by atoms with van der Waals surface area (Å²) in [5, 5.41) is 0. The Morgan fingerprint density at radius 1 is 1.26 bits per heavy atom. The fourth-order valence-electron chi connectivity index (χ4n) is 1.83. The summed E-state index contributed by atoms with van der Waals surface area (Å²) < 4.78 is 48.5. The van der Waals surface area contributed by atoms with E-state index in [1.807, 2.05) is 0 Å². The third-order valence-corrected chi connectivity index (χ3v) is 3.29. The van der Waals surface area contributed by atoms with E-state index in [0.29, 0.717) is 34.7 Å². The molecule has 1 aliphatic rings. The maximum Gasteiger partial charge on any atom is 0.390 e. The van der Waals surface area contributed by atoms with Crippen molar-refractivity contribution in [1.29, 1.82) is 0 Å². The Hall–Kier alpha value is -0.950. The Morgan fingerprint density at radius 2 is 1.95 bits per heavy atom. The van der Waals surface area contributed by atoms with Crippen LogP contribution in [0, 0.1) is 0 Å². The van der Waals surface area contributed by atoms with Crippen LogP contribution >= 0.6 is 15.9 Å². The van der Waals surface area contributed by atoms with Crippen LogP contribution in [0.5, 0.6) is 11.5 Å². The molecule has 0 saturated carbocycles. The molecule has 106 valence electrons. The summed E-state index contributed by atoms with van der Waals surface area (Å²) in [7, 11) is 0. The molecule has 0 bridgehead atoms. The summed E-state index contributed by atoms with van der Waals surface area (Å²) in [6.07, 6.45) is -4.64. The van der Waals surface area contributed by atoms with E-state index in [-0.39, 0.29) is 0 Å². The Bertz CT molecular complexity index is 465. The molecule has 1 aromatic rings. The first-order valence-corrected chi connectivity index (χ1v) is 6.57. The maximum atomic E-state index is 12.3. The lowest BCUT2D eigenvalue weighted by atomic mass is 10.0. The number of nitrogens with two attached hydrogens (primary N) is 1. The Balaban J connectivity index is 2.28. The number of ether oxygens (including phenoxy) is 2. The van der Waals surface area contributed by atoms with Crippen molar-refractivity contribution in [2.75, 3.05) is 13.2 Å². The van der Waals surface area contributed by atoms with Gasteiger partial charge in [0.15, 0.2) is 11.5 Å². The highest BCUT2D eigenvalue weighted by Gasteiger charge is 2.31. The molecule has 0 saturated heterocycles. The van der Waals surface area contributed by atoms with Crippen LogP contribution in [0.1, 0.15) is 24.4 Å². The van der Waals surface area contributed by atoms with Crippen LogP contribution in [0.3, 0.4) is 0 Å². The van der Waals surface area contributed by atoms with Crippen molar-refractivity contribution >= 4 is 15.9 Å². The molecule has 0 amide bonds. The van der Waals surface area contributed by atoms with E-state index in [9.17, 15) is 13.2 Å². The molecule has 0 aliphatic carbocycles. The average molecular weight is 340 g/mol. The summed E-state index contributed by atoms with van der Waals surface area (Å²) in [4.78, 5) is 0. The molecule has 2 rings (SSSR count). The van der Waals surface area contributed by atoms with Gasteiger partial charge in [0.2, 0.25) is 0 Å². The van der Waals surface area contributed by atoms with Gasteiger partial charge in [-0.05, 0) is 33.6 Å². The summed E-state index contributed by atoms with van der Waals surface area (Å²) in [6.45, 7) is 0.983. The van der Waals surface area contributed by atoms with Crippen LogP contribution < -0.4 is 15.2 Å². The van der Waals surface area contributed by atoms with Gasteiger partial charge in [-0.3, -0.25) is 0 Å². The summed E-state index contributed by atoms with van der Waals surface area (Å²) in [5.74, 6) is 0.944. The molecule has 1 aromatic carbocycles. The van der Waals surface area contributed by atoms with Gasteiger partial charge in [-0.1, -0.05) is 0 Å². The third-order valence-electron chi connectivity index (χ3n) is 2.70. The predicted molar refractivity (Wildman–Crippen MR) is 67.3 cm³/mol. The summed E-state index contributed by atoms with van der Waals surface area (Å²) in [6, 6.07) is 1.94. The van der Waals surface area contributed by atoms with Gasteiger partial charge >= 0.3 is 6.18 Å². The highest BCUT2D eigenvalue weighted by molar-refractivity contribution is 9.10. The van der Waals surface area contributed by atoms with Crippen LogP contribution in [-0.4, -0.2) is 19.4 Å². The second-order valence-corrected chi connectivity index (χ2v) is 5.16. The molecule has 2 N–H and O–H groups in total. The van der Waals surface area contributed by atoms with Gasteiger partial charge in [-0.25, -0.2) is 0 Å². The molecule has 7 heteroatoms. The fourth-order valence-corrected chi connectivity index (χ4v) is 2.41. The largest absolute Gasteiger partial charge is 0.490 e. The highest BCUT2D eigenvalue weighted by atomic mass is 79.9. The molecule has 0 aromatic heterocycles.